The number of thioether (sulfide) groups is 1. The summed E-state index contributed by atoms with van der Waals surface area (Å²) in [4.78, 5) is 2.66. The maximum Gasteiger partial charge on any atom is 0.0193 e. The lowest BCUT2D eigenvalue weighted by Crippen LogP contribution is -2.47. The van der Waals surface area contributed by atoms with E-state index in [9.17, 15) is 0 Å². The highest BCUT2D eigenvalue weighted by Crippen LogP contribution is 2.22. The van der Waals surface area contributed by atoms with Crippen LogP contribution in [0.2, 0.25) is 0 Å². The van der Waals surface area contributed by atoms with Gasteiger partial charge < -0.3 is 5.32 Å². The third kappa shape index (κ3) is 6.12. The van der Waals surface area contributed by atoms with E-state index in [4.69, 9.17) is 0 Å². The van der Waals surface area contributed by atoms with Crippen molar-refractivity contribution >= 4 is 11.8 Å². The Hall–Kier alpha value is 0.270. The maximum atomic E-state index is 3.60. The molecule has 2 unspecified atom stereocenters. The molecule has 1 heterocycles. The largest absolute Gasteiger partial charge is 0.315 e. The second-order valence-electron chi connectivity index (χ2n) is 5.16. The number of hydrogen-bond donors (Lipinski definition) is 1. The average Bonchev–Trinajstić information content (AvgIpc) is 2.38. The molecule has 0 radical (unpaired) electrons. The van der Waals surface area contributed by atoms with E-state index in [-0.39, 0.29) is 0 Å². The first kappa shape index (κ1) is 15.3. The van der Waals surface area contributed by atoms with Gasteiger partial charge in [-0.15, -0.1) is 0 Å². The van der Waals surface area contributed by atoms with Crippen LogP contribution < -0.4 is 5.32 Å². The first-order valence-corrected chi connectivity index (χ1v) is 8.39. The second kappa shape index (κ2) is 9.23. The molecule has 0 amide bonds. The Balaban J connectivity index is 2.11. The van der Waals surface area contributed by atoms with E-state index >= 15 is 0 Å². The van der Waals surface area contributed by atoms with Gasteiger partial charge in [0.05, 0.1) is 0 Å². The average molecular weight is 258 g/mol. The molecule has 0 aliphatic carbocycles. The Bertz CT molecular complexity index is 187. The monoisotopic (exact) mass is 258 g/mol. The summed E-state index contributed by atoms with van der Waals surface area (Å²) >= 11 is 2.16. The van der Waals surface area contributed by atoms with Gasteiger partial charge in [-0.25, -0.2) is 0 Å². The summed E-state index contributed by atoms with van der Waals surface area (Å²) < 4.78 is 0. The van der Waals surface area contributed by atoms with Gasteiger partial charge >= 0.3 is 0 Å². The van der Waals surface area contributed by atoms with Gasteiger partial charge in [0.15, 0.2) is 0 Å². The van der Waals surface area contributed by atoms with E-state index in [0.717, 1.165) is 11.8 Å². The molecule has 2 nitrogen and oxygen atoms in total. The van der Waals surface area contributed by atoms with E-state index in [1.807, 2.05) is 0 Å². The lowest BCUT2D eigenvalue weighted by atomic mass is 10.2. The summed E-state index contributed by atoms with van der Waals surface area (Å²) in [6.45, 7) is 11.9. The molecule has 1 saturated heterocycles. The van der Waals surface area contributed by atoms with Crippen LogP contribution in [0.25, 0.3) is 0 Å². The number of unbranched alkanes of at least 4 members (excludes halogenated alkanes) is 2. The third-order valence-corrected chi connectivity index (χ3v) is 5.02. The Morgan fingerprint density at radius 2 is 2.18 bits per heavy atom. The second-order valence-corrected chi connectivity index (χ2v) is 6.56. The van der Waals surface area contributed by atoms with Crippen molar-refractivity contribution in [2.75, 3.05) is 31.9 Å². The predicted octanol–water partition coefficient (Wildman–Crippen LogP) is 2.98. The topological polar surface area (TPSA) is 15.3 Å². The Morgan fingerprint density at radius 1 is 1.35 bits per heavy atom. The Kier molecular flexibility index (Phi) is 8.33. The van der Waals surface area contributed by atoms with Crippen molar-refractivity contribution in [2.24, 2.45) is 0 Å². The summed E-state index contributed by atoms with van der Waals surface area (Å²) in [6.07, 6.45) is 5.33. The van der Waals surface area contributed by atoms with Gasteiger partial charge in [-0.3, -0.25) is 4.90 Å². The van der Waals surface area contributed by atoms with Crippen LogP contribution in [0.3, 0.4) is 0 Å². The molecule has 1 aliphatic rings. The molecule has 0 aromatic rings. The predicted molar refractivity (Wildman–Crippen MR) is 80.0 cm³/mol. The lowest BCUT2D eigenvalue weighted by molar-refractivity contribution is 0.210. The molecule has 0 saturated carbocycles. The number of hydrogen-bond acceptors (Lipinski definition) is 3. The van der Waals surface area contributed by atoms with Crippen molar-refractivity contribution in [3.8, 4) is 0 Å². The van der Waals surface area contributed by atoms with E-state index in [1.165, 1.54) is 51.1 Å². The van der Waals surface area contributed by atoms with E-state index in [1.54, 1.807) is 0 Å². The van der Waals surface area contributed by atoms with Crippen LogP contribution in [0, 0.1) is 0 Å². The maximum absolute atomic E-state index is 3.60. The smallest absolute Gasteiger partial charge is 0.0193 e. The van der Waals surface area contributed by atoms with Gasteiger partial charge in [0.1, 0.15) is 0 Å². The normalized spacial score (nSPS) is 23.8. The van der Waals surface area contributed by atoms with Crippen molar-refractivity contribution in [3.05, 3.63) is 0 Å². The van der Waals surface area contributed by atoms with Crippen LogP contribution in [0.1, 0.15) is 46.5 Å². The van der Waals surface area contributed by atoms with Gasteiger partial charge in [-0.1, -0.05) is 26.7 Å². The van der Waals surface area contributed by atoms with Crippen LogP contribution in [0.5, 0.6) is 0 Å². The van der Waals surface area contributed by atoms with Gasteiger partial charge in [0.25, 0.3) is 0 Å². The molecule has 102 valence electrons. The number of rotatable bonds is 8. The van der Waals surface area contributed by atoms with Crippen molar-refractivity contribution in [2.45, 2.75) is 57.7 Å². The summed E-state index contributed by atoms with van der Waals surface area (Å²) in [6, 6.07) is 0.701. The van der Waals surface area contributed by atoms with Gasteiger partial charge in [0, 0.05) is 36.7 Å². The molecule has 0 bridgehead atoms. The first-order chi connectivity index (χ1) is 8.27. The van der Waals surface area contributed by atoms with E-state index < -0.39 is 0 Å². The molecule has 0 aromatic heterocycles. The molecule has 1 aliphatic heterocycles. The minimum absolute atomic E-state index is 0.701. The molecule has 0 aromatic carbocycles. The SMILES string of the molecule is CCCCCNCC(C)N1CCSC(CC)C1. The standard InChI is InChI=1S/C14H30N2S/c1-4-6-7-8-15-11-13(3)16-9-10-17-14(5-2)12-16/h13-15H,4-12H2,1-3H3. The highest BCUT2D eigenvalue weighted by atomic mass is 32.2. The zero-order chi connectivity index (χ0) is 12.5. The fourth-order valence-corrected chi connectivity index (χ4v) is 3.54. The quantitative estimate of drug-likeness (QED) is 0.674. The van der Waals surface area contributed by atoms with Crippen LogP contribution in [0.15, 0.2) is 0 Å². The zero-order valence-electron chi connectivity index (χ0n) is 11.9. The number of nitrogens with zero attached hydrogens (tertiary/aromatic N) is 1. The van der Waals surface area contributed by atoms with Crippen molar-refractivity contribution in [1.29, 1.82) is 0 Å². The lowest BCUT2D eigenvalue weighted by Gasteiger charge is -2.36. The van der Waals surface area contributed by atoms with Crippen LogP contribution in [0.4, 0.5) is 0 Å². The highest BCUT2D eigenvalue weighted by molar-refractivity contribution is 8.00. The van der Waals surface area contributed by atoms with Gasteiger partial charge in [-0.2, -0.15) is 11.8 Å². The fourth-order valence-electron chi connectivity index (χ4n) is 2.33. The van der Waals surface area contributed by atoms with Gasteiger partial charge in [-0.05, 0) is 26.3 Å². The first-order valence-electron chi connectivity index (χ1n) is 7.34. The highest BCUT2D eigenvalue weighted by Gasteiger charge is 2.22. The fraction of sp³-hybridized carbons (Fsp3) is 1.00. The Morgan fingerprint density at radius 3 is 2.88 bits per heavy atom. The molecular formula is C14H30N2S. The molecule has 1 rings (SSSR count). The summed E-state index contributed by atoms with van der Waals surface area (Å²) in [5, 5.41) is 4.47. The van der Waals surface area contributed by atoms with Crippen LogP contribution in [-0.2, 0) is 0 Å². The molecular weight excluding hydrogens is 228 g/mol. The van der Waals surface area contributed by atoms with Crippen molar-refractivity contribution in [1.82, 2.24) is 10.2 Å². The van der Waals surface area contributed by atoms with Crippen molar-refractivity contribution in [3.63, 3.8) is 0 Å². The van der Waals surface area contributed by atoms with E-state index in [0.29, 0.717) is 6.04 Å². The summed E-state index contributed by atoms with van der Waals surface area (Å²) in [7, 11) is 0. The number of nitrogens with one attached hydrogen (secondary N) is 1. The minimum Gasteiger partial charge on any atom is -0.315 e. The minimum atomic E-state index is 0.701. The molecule has 2 atom stereocenters. The summed E-state index contributed by atoms with van der Waals surface area (Å²) in [5.74, 6) is 1.32. The van der Waals surface area contributed by atoms with Gasteiger partial charge in [0.2, 0.25) is 0 Å². The molecule has 3 heteroatoms. The van der Waals surface area contributed by atoms with Crippen LogP contribution in [-0.4, -0.2) is 48.1 Å². The molecule has 1 N–H and O–H groups in total. The Labute approximate surface area is 112 Å². The van der Waals surface area contributed by atoms with E-state index in [2.05, 4.69) is 42.7 Å². The zero-order valence-corrected chi connectivity index (χ0v) is 12.7. The third-order valence-electron chi connectivity index (χ3n) is 3.65. The summed E-state index contributed by atoms with van der Waals surface area (Å²) in [5.41, 5.74) is 0. The molecule has 1 fully saturated rings. The van der Waals surface area contributed by atoms with Crippen LogP contribution >= 0.6 is 11.8 Å². The molecule has 0 spiro atoms. The molecule has 17 heavy (non-hydrogen) atoms. The van der Waals surface area contributed by atoms with Crippen molar-refractivity contribution < 1.29 is 0 Å².